The van der Waals surface area contributed by atoms with E-state index in [1.807, 2.05) is 24.7 Å². The maximum atomic E-state index is 11.5. The van der Waals surface area contributed by atoms with Crippen molar-refractivity contribution in [2.45, 2.75) is 26.3 Å². The number of aromatic nitrogens is 2. The maximum Gasteiger partial charge on any atom is 0.211 e. The van der Waals surface area contributed by atoms with E-state index < -0.39 is 10.0 Å². The first-order valence-electron chi connectivity index (χ1n) is 8.34. The number of rotatable bonds is 6. The molecule has 0 bridgehead atoms. The van der Waals surface area contributed by atoms with Crippen LogP contribution in [0.3, 0.4) is 0 Å². The molecule has 136 valence electrons. The number of piperidine rings is 1. The molecule has 0 spiro atoms. The first-order valence-corrected chi connectivity index (χ1v) is 10.2. The summed E-state index contributed by atoms with van der Waals surface area (Å²) >= 11 is 0. The van der Waals surface area contributed by atoms with Gasteiger partial charge in [0.05, 0.1) is 18.5 Å². The molecule has 2 heterocycles. The summed E-state index contributed by atoms with van der Waals surface area (Å²) in [7, 11) is -1.15. The molecule has 0 aromatic carbocycles. The van der Waals surface area contributed by atoms with Crippen molar-refractivity contribution in [1.29, 1.82) is 0 Å². The van der Waals surface area contributed by atoms with Gasteiger partial charge in [0.2, 0.25) is 10.0 Å². The molecule has 0 saturated carbocycles. The average molecular weight is 356 g/mol. The highest BCUT2D eigenvalue weighted by atomic mass is 32.2. The summed E-state index contributed by atoms with van der Waals surface area (Å²) in [6.45, 7) is 5.41. The Labute approximate surface area is 144 Å². The van der Waals surface area contributed by atoms with Gasteiger partial charge < -0.3 is 10.6 Å². The van der Waals surface area contributed by atoms with Crippen LogP contribution >= 0.6 is 0 Å². The van der Waals surface area contributed by atoms with Crippen LogP contribution in [-0.4, -0.2) is 60.9 Å². The lowest BCUT2D eigenvalue weighted by molar-refractivity contribution is 0.275. The second kappa shape index (κ2) is 8.48. The summed E-state index contributed by atoms with van der Waals surface area (Å²) in [6.07, 6.45) is 4.79. The van der Waals surface area contributed by atoms with Gasteiger partial charge >= 0.3 is 0 Å². The Morgan fingerprint density at radius 1 is 1.38 bits per heavy atom. The Kier molecular flexibility index (Phi) is 6.61. The maximum absolute atomic E-state index is 11.5. The van der Waals surface area contributed by atoms with Gasteiger partial charge in [-0.05, 0) is 31.7 Å². The normalized spacial score (nSPS) is 17.9. The van der Waals surface area contributed by atoms with E-state index in [9.17, 15) is 8.42 Å². The van der Waals surface area contributed by atoms with E-state index in [0.29, 0.717) is 25.6 Å². The molecule has 0 amide bonds. The first kappa shape index (κ1) is 18.7. The molecule has 0 aliphatic carbocycles. The van der Waals surface area contributed by atoms with Gasteiger partial charge in [-0.2, -0.15) is 5.10 Å². The van der Waals surface area contributed by atoms with Crippen LogP contribution in [0.1, 0.15) is 25.5 Å². The Hall–Kier alpha value is -1.61. The molecule has 2 rings (SSSR count). The third-order valence-electron chi connectivity index (χ3n) is 4.27. The lowest BCUT2D eigenvalue weighted by Crippen LogP contribution is -2.44. The number of aliphatic imine (C=N–C) groups is 1. The average Bonchev–Trinajstić information content (AvgIpc) is 2.95. The third-order valence-corrected chi connectivity index (χ3v) is 5.57. The Morgan fingerprint density at radius 3 is 2.62 bits per heavy atom. The van der Waals surface area contributed by atoms with Crippen molar-refractivity contribution in [3.05, 3.63) is 18.0 Å². The summed E-state index contributed by atoms with van der Waals surface area (Å²) in [4.78, 5) is 4.58. The monoisotopic (exact) mass is 356 g/mol. The molecule has 1 aliphatic rings. The molecule has 24 heavy (non-hydrogen) atoms. The molecule has 0 atom stereocenters. The number of nitrogens with zero attached hydrogens (tertiary/aromatic N) is 4. The fraction of sp³-hybridized carbons (Fsp3) is 0.733. The molecule has 1 saturated heterocycles. The van der Waals surface area contributed by atoms with Crippen LogP contribution in [0.25, 0.3) is 0 Å². The molecule has 0 radical (unpaired) electrons. The highest BCUT2D eigenvalue weighted by Crippen LogP contribution is 2.18. The van der Waals surface area contributed by atoms with Crippen molar-refractivity contribution in [2.75, 3.05) is 32.4 Å². The van der Waals surface area contributed by atoms with Crippen LogP contribution in [0.15, 0.2) is 17.3 Å². The summed E-state index contributed by atoms with van der Waals surface area (Å²) in [5, 5.41) is 10.7. The fourth-order valence-corrected chi connectivity index (χ4v) is 3.62. The summed E-state index contributed by atoms with van der Waals surface area (Å²) in [5.41, 5.74) is 1.05. The quantitative estimate of drug-likeness (QED) is 0.559. The number of aryl methyl sites for hydroxylation is 1. The largest absolute Gasteiger partial charge is 0.357 e. The van der Waals surface area contributed by atoms with Crippen molar-refractivity contribution in [3.8, 4) is 0 Å². The lowest BCUT2D eigenvalue weighted by atomic mass is 9.98. The summed E-state index contributed by atoms with van der Waals surface area (Å²) in [5.74, 6) is 1.24. The van der Waals surface area contributed by atoms with Crippen LogP contribution in [0.5, 0.6) is 0 Å². The minimum atomic E-state index is -3.06. The zero-order valence-corrected chi connectivity index (χ0v) is 15.5. The van der Waals surface area contributed by atoms with E-state index in [-0.39, 0.29) is 0 Å². The second-order valence-electron chi connectivity index (χ2n) is 6.13. The molecule has 1 fully saturated rings. The molecule has 0 unspecified atom stereocenters. The minimum Gasteiger partial charge on any atom is -0.357 e. The number of hydrogen-bond donors (Lipinski definition) is 2. The zero-order chi connectivity index (χ0) is 17.6. The molecule has 1 aromatic heterocycles. The van der Waals surface area contributed by atoms with E-state index in [1.165, 1.54) is 6.26 Å². The molecule has 1 aliphatic heterocycles. The number of sulfonamides is 1. The second-order valence-corrected chi connectivity index (χ2v) is 8.11. The number of hydrogen-bond acceptors (Lipinski definition) is 4. The van der Waals surface area contributed by atoms with Gasteiger partial charge in [0, 0.05) is 39.4 Å². The highest BCUT2D eigenvalue weighted by Gasteiger charge is 2.24. The van der Waals surface area contributed by atoms with E-state index in [0.717, 1.165) is 37.6 Å². The van der Waals surface area contributed by atoms with Gasteiger partial charge in [0.25, 0.3) is 0 Å². The van der Waals surface area contributed by atoms with Crippen LogP contribution in [0, 0.1) is 5.92 Å². The topological polar surface area (TPSA) is 91.6 Å². The molecule has 8 nitrogen and oxygen atoms in total. The molecule has 2 N–H and O–H groups in total. The molecule has 9 heteroatoms. The van der Waals surface area contributed by atoms with Crippen LogP contribution in [0.2, 0.25) is 0 Å². The van der Waals surface area contributed by atoms with Crippen molar-refractivity contribution < 1.29 is 8.42 Å². The van der Waals surface area contributed by atoms with E-state index in [4.69, 9.17) is 0 Å². The van der Waals surface area contributed by atoms with E-state index in [2.05, 4.69) is 20.7 Å². The van der Waals surface area contributed by atoms with Gasteiger partial charge in [-0.15, -0.1) is 0 Å². The zero-order valence-electron chi connectivity index (χ0n) is 14.7. The van der Waals surface area contributed by atoms with E-state index >= 15 is 0 Å². The van der Waals surface area contributed by atoms with Gasteiger partial charge in [-0.1, -0.05) is 0 Å². The molecular formula is C15H28N6O2S. The fourth-order valence-electron chi connectivity index (χ4n) is 2.74. The first-order chi connectivity index (χ1) is 11.4. The number of guanidine groups is 1. The Bertz CT molecular complexity index is 647. The van der Waals surface area contributed by atoms with Crippen LogP contribution in [0.4, 0.5) is 0 Å². The molecular weight excluding hydrogens is 328 g/mol. The third kappa shape index (κ3) is 5.48. The molecule has 1 aromatic rings. The predicted octanol–water partition coefficient (Wildman–Crippen LogP) is 0.147. The lowest BCUT2D eigenvalue weighted by Gasteiger charge is -2.30. The predicted molar refractivity (Wildman–Crippen MR) is 95.2 cm³/mol. The summed E-state index contributed by atoms with van der Waals surface area (Å²) < 4.78 is 26.5. The summed E-state index contributed by atoms with van der Waals surface area (Å²) in [6, 6.07) is 1.95. The SMILES string of the molecule is CCNC(=NCc1ccnn1C)NCC1CCN(S(C)(=O)=O)CC1. The minimum absolute atomic E-state index is 0.462. The van der Waals surface area contributed by atoms with Gasteiger partial charge in [-0.3, -0.25) is 4.68 Å². The van der Waals surface area contributed by atoms with Crippen molar-refractivity contribution >= 4 is 16.0 Å². The smallest absolute Gasteiger partial charge is 0.211 e. The van der Waals surface area contributed by atoms with E-state index in [1.54, 1.807) is 10.5 Å². The Morgan fingerprint density at radius 2 is 2.08 bits per heavy atom. The van der Waals surface area contributed by atoms with Crippen LogP contribution < -0.4 is 10.6 Å². The van der Waals surface area contributed by atoms with Crippen molar-refractivity contribution in [3.63, 3.8) is 0 Å². The Balaban J connectivity index is 1.83. The van der Waals surface area contributed by atoms with Gasteiger partial charge in [-0.25, -0.2) is 17.7 Å². The highest BCUT2D eigenvalue weighted by molar-refractivity contribution is 7.88. The van der Waals surface area contributed by atoms with Crippen molar-refractivity contribution in [2.24, 2.45) is 18.0 Å². The standard InChI is InChI=1S/C15H28N6O2S/c1-4-16-15(18-12-14-5-8-19-20(14)2)17-11-13-6-9-21(10-7-13)24(3,22)23/h5,8,13H,4,6-7,9-12H2,1-3H3,(H2,16,17,18). The van der Waals surface area contributed by atoms with Crippen LogP contribution in [-0.2, 0) is 23.6 Å². The van der Waals surface area contributed by atoms with Crippen molar-refractivity contribution in [1.82, 2.24) is 24.7 Å². The number of nitrogens with one attached hydrogen (secondary N) is 2. The van der Waals surface area contributed by atoms with Gasteiger partial charge in [0.1, 0.15) is 0 Å². The van der Waals surface area contributed by atoms with Gasteiger partial charge in [0.15, 0.2) is 5.96 Å².